The second-order valence-electron chi connectivity index (χ2n) is 2.61. The number of carbonyl (C=O) groups is 1. The lowest BCUT2D eigenvalue weighted by atomic mass is 10.1. The van der Waals surface area contributed by atoms with Crippen LogP contribution in [0.3, 0.4) is 0 Å². The summed E-state index contributed by atoms with van der Waals surface area (Å²) in [6.45, 7) is 6.25. The quantitative estimate of drug-likeness (QED) is 0.535. The molecular weight excluding hydrogens is 172 g/mol. The first-order valence-electron chi connectivity index (χ1n) is 4.61. The van der Waals surface area contributed by atoms with Gasteiger partial charge in [0.25, 0.3) is 0 Å². The number of hydrogen-bond acceptors (Lipinski definition) is 4. The first-order chi connectivity index (χ1) is 6.17. The Morgan fingerprint density at radius 1 is 1.23 bits per heavy atom. The van der Waals surface area contributed by atoms with Crippen LogP contribution in [0.1, 0.15) is 27.2 Å². The molecule has 0 radical (unpaired) electrons. The molecule has 0 heterocycles. The summed E-state index contributed by atoms with van der Waals surface area (Å²) in [4.78, 5) is 10.7. The maximum Gasteiger partial charge on any atom is 0.165 e. The second kappa shape index (κ2) is 6.86. The van der Waals surface area contributed by atoms with Gasteiger partial charge in [0.05, 0.1) is 0 Å². The minimum atomic E-state index is -1.12. The predicted molar refractivity (Wildman–Crippen MR) is 45.8 cm³/mol. The van der Waals surface area contributed by atoms with Gasteiger partial charge in [0, 0.05) is 25.1 Å². The van der Waals surface area contributed by atoms with Crippen molar-refractivity contribution in [1.29, 1.82) is 0 Å². The summed E-state index contributed by atoms with van der Waals surface area (Å²) in [6.07, 6.45) is -0.225. The molecule has 0 aliphatic carbocycles. The van der Waals surface area contributed by atoms with E-state index in [1.54, 1.807) is 20.8 Å². The zero-order chi connectivity index (χ0) is 10.3. The second-order valence-corrected chi connectivity index (χ2v) is 2.61. The first kappa shape index (κ1) is 12.4. The van der Waals surface area contributed by atoms with E-state index < -0.39 is 18.2 Å². The van der Waals surface area contributed by atoms with E-state index in [0.29, 0.717) is 19.6 Å². The molecule has 13 heavy (non-hydrogen) atoms. The fourth-order valence-electron chi connectivity index (χ4n) is 1.08. The molecule has 0 fully saturated rings. The summed E-state index contributed by atoms with van der Waals surface area (Å²) in [5, 5.41) is 10.7. The number of carboxylic acid groups (broad SMARTS) is 1. The molecule has 0 amide bonds. The molecule has 0 bridgehead atoms. The molecule has 4 heteroatoms. The third-order valence-electron chi connectivity index (χ3n) is 1.73. The Balaban J connectivity index is 4.20. The number of rotatable bonds is 7. The largest absolute Gasteiger partial charge is 0.550 e. The molecule has 0 rings (SSSR count). The Morgan fingerprint density at radius 2 is 1.69 bits per heavy atom. The monoisotopic (exact) mass is 189 g/mol. The lowest BCUT2D eigenvalue weighted by Gasteiger charge is -2.26. The Labute approximate surface area is 78.8 Å². The van der Waals surface area contributed by atoms with Crippen molar-refractivity contribution in [1.82, 2.24) is 0 Å². The highest BCUT2D eigenvalue weighted by Gasteiger charge is 2.21. The summed E-state index contributed by atoms with van der Waals surface area (Å²) in [7, 11) is 0. The molecule has 1 unspecified atom stereocenters. The molecule has 0 saturated heterocycles. The molecule has 0 aromatic carbocycles. The van der Waals surface area contributed by atoms with Crippen molar-refractivity contribution in [3.8, 4) is 0 Å². The van der Waals surface area contributed by atoms with Crippen LogP contribution >= 0.6 is 0 Å². The molecule has 1 atom stereocenters. The Bertz CT molecular complexity index is 141. The van der Waals surface area contributed by atoms with Crippen LogP contribution in [0.5, 0.6) is 0 Å². The summed E-state index contributed by atoms with van der Waals surface area (Å²) in [5.74, 6) is -1.80. The Kier molecular flexibility index (Phi) is 6.54. The normalized spacial score (nSPS) is 13.2. The standard InChI is InChI=1S/C9H18O4/c1-4-7(8(10)11)9(12-5-2)13-6-3/h7,9H,4-6H2,1-3H3,(H,10,11)/p-1. The fourth-order valence-corrected chi connectivity index (χ4v) is 1.08. The number of ether oxygens (including phenoxy) is 2. The van der Waals surface area contributed by atoms with Crippen LogP contribution in [0.25, 0.3) is 0 Å². The van der Waals surface area contributed by atoms with E-state index >= 15 is 0 Å². The number of hydrogen-bond donors (Lipinski definition) is 0. The van der Waals surface area contributed by atoms with Crippen LogP contribution < -0.4 is 5.11 Å². The van der Waals surface area contributed by atoms with Gasteiger partial charge in [-0.2, -0.15) is 0 Å². The van der Waals surface area contributed by atoms with Gasteiger partial charge in [0.1, 0.15) is 0 Å². The molecule has 0 N–H and O–H groups in total. The van der Waals surface area contributed by atoms with Crippen LogP contribution in [-0.4, -0.2) is 25.5 Å². The highest BCUT2D eigenvalue weighted by Crippen LogP contribution is 2.13. The minimum absolute atomic E-state index is 0.439. The highest BCUT2D eigenvalue weighted by molar-refractivity contribution is 5.68. The number of carbonyl (C=O) groups excluding carboxylic acids is 1. The van der Waals surface area contributed by atoms with Crippen molar-refractivity contribution in [2.75, 3.05) is 13.2 Å². The van der Waals surface area contributed by atoms with Crippen molar-refractivity contribution < 1.29 is 19.4 Å². The van der Waals surface area contributed by atoms with E-state index in [9.17, 15) is 9.90 Å². The average molecular weight is 189 g/mol. The first-order valence-corrected chi connectivity index (χ1v) is 4.61. The van der Waals surface area contributed by atoms with Crippen molar-refractivity contribution in [3.05, 3.63) is 0 Å². The van der Waals surface area contributed by atoms with Crippen molar-refractivity contribution in [3.63, 3.8) is 0 Å². The van der Waals surface area contributed by atoms with Gasteiger partial charge in [0.2, 0.25) is 0 Å². The SMILES string of the molecule is CCOC(OCC)C(CC)C(=O)[O-]. The van der Waals surface area contributed by atoms with Crippen LogP contribution in [0.4, 0.5) is 0 Å². The maximum absolute atomic E-state index is 10.7. The van der Waals surface area contributed by atoms with Crippen molar-refractivity contribution >= 4 is 5.97 Å². The number of carboxylic acids is 1. The zero-order valence-corrected chi connectivity index (χ0v) is 8.41. The zero-order valence-electron chi connectivity index (χ0n) is 8.41. The van der Waals surface area contributed by atoms with Crippen molar-refractivity contribution in [2.24, 2.45) is 5.92 Å². The Morgan fingerprint density at radius 3 is 1.92 bits per heavy atom. The molecule has 0 aliphatic heterocycles. The third kappa shape index (κ3) is 4.24. The van der Waals surface area contributed by atoms with Gasteiger partial charge in [-0.25, -0.2) is 0 Å². The minimum Gasteiger partial charge on any atom is -0.550 e. The van der Waals surface area contributed by atoms with Crippen molar-refractivity contribution in [2.45, 2.75) is 33.5 Å². The van der Waals surface area contributed by atoms with Crippen LogP contribution in [0.15, 0.2) is 0 Å². The van der Waals surface area contributed by atoms with Crippen LogP contribution in [-0.2, 0) is 14.3 Å². The van der Waals surface area contributed by atoms with E-state index in [2.05, 4.69) is 0 Å². The molecule has 0 aromatic heterocycles. The van der Waals surface area contributed by atoms with Gasteiger partial charge >= 0.3 is 0 Å². The van der Waals surface area contributed by atoms with Gasteiger partial charge in [-0.05, 0) is 20.3 Å². The Hall–Kier alpha value is -0.610. The molecule has 0 saturated carbocycles. The molecule has 0 aliphatic rings. The van der Waals surface area contributed by atoms with Gasteiger partial charge in [-0.3, -0.25) is 0 Å². The summed E-state index contributed by atoms with van der Waals surface area (Å²) < 4.78 is 10.3. The van der Waals surface area contributed by atoms with E-state index in [1.807, 2.05) is 0 Å². The molecule has 0 aromatic rings. The predicted octanol–water partition coefficient (Wildman–Crippen LogP) is 0.162. The van der Waals surface area contributed by atoms with Crippen LogP contribution in [0, 0.1) is 5.92 Å². The fraction of sp³-hybridized carbons (Fsp3) is 0.889. The smallest absolute Gasteiger partial charge is 0.165 e. The molecule has 4 nitrogen and oxygen atoms in total. The van der Waals surface area contributed by atoms with E-state index in [4.69, 9.17) is 9.47 Å². The molecule has 78 valence electrons. The van der Waals surface area contributed by atoms with E-state index in [1.165, 1.54) is 0 Å². The summed E-state index contributed by atoms with van der Waals surface area (Å²) >= 11 is 0. The van der Waals surface area contributed by atoms with Gasteiger partial charge < -0.3 is 19.4 Å². The molecule has 0 spiro atoms. The lowest BCUT2D eigenvalue weighted by Crippen LogP contribution is -2.41. The summed E-state index contributed by atoms with van der Waals surface area (Å²) in [6, 6.07) is 0. The van der Waals surface area contributed by atoms with E-state index in [-0.39, 0.29) is 0 Å². The van der Waals surface area contributed by atoms with E-state index in [0.717, 1.165) is 0 Å². The van der Waals surface area contributed by atoms with Gasteiger partial charge in [0.15, 0.2) is 6.29 Å². The van der Waals surface area contributed by atoms with Crippen LogP contribution in [0.2, 0.25) is 0 Å². The summed E-state index contributed by atoms with van der Waals surface area (Å²) in [5.41, 5.74) is 0. The molecular formula is C9H17O4-. The lowest BCUT2D eigenvalue weighted by molar-refractivity contribution is -0.321. The average Bonchev–Trinajstić information content (AvgIpc) is 2.05. The highest BCUT2D eigenvalue weighted by atomic mass is 16.7. The maximum atomic E-state index is 10.7. The van der Waals surface area contributed by atoms with Gasteiger partial charge in [-0.15, -0.1) is 0 Å². The number of aliphatic carboxylic acids is 1. The topological polar surface area (TPSA) is 58.6 Å². The van der Waals surface area contributed by atoms with Gasteiger partial charge in [-0.1, -0.05) is 6.92 Å². The third-order valence-corrected chi connectivity index (χ3v) is 1.73.